The molecule has 1 aromatic carbocycles. The van der Waals surface area contributed by atoms with Crippen LogP contribution in [-0.4, -0.2) is 16.2 Å². The van der Waals surface area contributed by atoms with Gasteiger partial charge in [-0.3, -0.25) is 0 Å². The zero-order chi connectivity index (χ0) is 12.3. The first-order chi connectivity index (χ1) is 8.17. The minimum absolute atomic E-state index is 0.288. The Morgan fingerprint density at radius 3 is 2.82 bits per heavy atom. The zero-order valence-corrected chi connectivity index (χ0v) is 10.4. The number of benzene rings is 1. The lowest BCUT2D eigenvalue weighted by molar-refractivity contribution is 0.451. The second kappa shape index (κ2) is 5.33. The molecular weight excluding hydrogens is 263 g/mol. The lowest BCUT2D eigenvalue weighted by atomic mass is 10.3. The van der Waals surface area contributed by atoms with Crippen molar-refractivity contribution in [1.29, 1.82) is 0 Å². The van der Waals surface area contributed by atoms with E-state index in [1.54, 1.807) is 12.1 Å². The smallest absolute Gasteiger partial charge is 0.224 e. The van der Waals surface area contributed by atoms with Crippen LogP contribution in [0.2, 0.25) is 5.15 Å². The highest BCUT2D eigenvalue weighted by atomic mass is 35.5. The molecule has 0 amide bonds. The van der Waals surface area contributed by atoms with Gasteiger partial charge in [0, 0.05) is 12.1 Å². The van der Waals surface area contributed by atoms with Gasteiger partial charge in [-0.2, -0.15) is 4.98 Å². The van der Waals surface area contributed by atoms with E-state index < -0.39 is 0 Å². The van der Waals surface area contributed by atoms with Crippen LogP contribution in [0.15, 0.2) is 35.5 Å². The summed E-state index contributed by atoms with van der Waals surface area (Å²) in [4.78, 5) is 8.07. The van der Waals surface area contributed by atoms with Crippen molar-refractivity contribution >= 4 is 23.4 Å². The summed E-state index contributed by atoms with van der Waals surface area (Å²) in [6.45, 7) is 0. The number of thioether (sulfide) groups is 1. The molecule has 0 spiro atoms. The Morgan fingerprint density at radius 2 is 2.12 bits per heavy atom. The van der Waals surface area contributed by atoms with Crippen LogP contribution in [0, 0.1) is 5.82 Å². The fourth-order valence-electron chi connectivity index (χ4n) is 1.17. The number of nitrogens with zero attached hydrogens (tertiary/aromatic N) is 2. The molecule has 2 aromatic rings. The third-order valence-corrected chi connectivity index (χ3v) is 2.59. The van der Waals surface area contributed by atoms with Crippen LogP contribution in [-0.2, 0) is 0 Å². The summed E-state index contributed by atoms with van der Waals surface area (Å²) in [5.41, 5.74) is 0. The van der Waals surface area contributed by atoms with Gasteiger partial charge in [0.25, 0.3) is 0 Å². The highest BCUT2D eigenvalue weighted by Crippen LogP contribution is 2.24. The predicted molar refractivity (Wildman–Crippen MR) is 65.3 cm³/mol. The van der Waals surface area contributed by atoms with Gasteiger partial charge < -0.3 is 4.74 Å². The van der Waals surface area contributed by atoms with E-state index in [4.69, 9.17) is 16.3 Å². The van der Waals surface area contributed by atoms with E-state index in [2.05, 4.69) is 9.97 Å². The molecule has 0 aliphatic rings. The maximum Gasteiger partial charge on any atom is 0.224 e. The van der Waals surface area contributed by atoms with Crippen molar-refractivity contribution in [2.45, 2.75) is 5.16 Å². The molecule has 0 saturated carbocycles. The standard InChI is InChI=1S/C11H8ClFN2OS/c1-17-11-14-9(12)6-10(15-11)16-8-4-2-3-7(13)5-8/h2-6H,1H3. The number of hydrogen-bond donors (Lipinski definition) is 0. The third-order valence-electron chi connectivity index (χ3n) is 1.85. The quantitative estimate of drug-likeness (QED) is 0.483. The van der Waals surface area contributed by atoms with Crippen molar-refractivity contribution in [1.82, 2.24) is 9.97 Å². The maximum absolute atomic E-state index is 13.0. The Hall–Kier alpha value is -1.33. The van der Waals surface area contributed by atoms with Crippen LogP contribution in [0.4, 0.5) is 4.39 Å². The van der Waals surface area contributed by atoms with Crippen LogP contribution < -0.4 is 4.74 Å². The highest BCUT2D eigenvalue weighted by molar-refractivity contribution is 7.98. The molecule has 0 unspecified atom stereocenters. The number of halogens is 2. The first kappa shape index (κ1) is 12.1. The zero-order valence-electron chi connectivity index (χ0n) is 8.85. The average Bonchev–Trinajstić information content (AvgIpc) is 2.28. The Bertz CT molecular complexity index is 539. The molecule has 6 heteroatoms. The summed E-state index contributed by atoms with van der Waals surface area (Å²) in [6.07, 6.45) is 1.83. The van der Waals surface area contributed by atoms with Crippen LogP contribution in [0.5, 0.6) is 11.6 Å². The molecule has 0 aliphatic heterocycles. The molecule has 0 atom stereocenters. The molecule has 88 valence electrons. The number of rotatable bonds is 3. The van der Waals surface area contributed by atoms with Gasteiger partial charge in [-0.1, -0.05) is 29.4 Å². The van der Waals surface area contributed by atoms with Crippen molar-refractivity contribution in [3.63, 3.8) is 0 Å². The minimum Gasteiger partial charge on any atom is -0.439 e. The van der Waals surface area contributed by atoms with Crippen LogP contribution in [0.25, 0.3) is 0 Å². The summed E-state index contributed by atoms with van der Waals surface area (Å²) < 4.78 is 18.3. The average molecular weight is 271 g/mol. The van der Waals surface area contributed by atoms with Crippen molar-refractivity contribution in [3.05, 3.63) is 41.3 Å². The molecule has 17 heavy (non-hydrogen) atoms. The summed E-state index contributed by atoms with van der Waals surface area (Å²) in [7, 11) is 0. The van der Waals surface area contributed by atoms with Gasteiger partial charge in [-0.15, -0.1) is 0 Å². The SMILES string of the molecule is CSc1nc(Cl)cc(Oc2cccc(F)c2)n1. The fourth-order valence-corrected chi connectivity index (χ4v) is 1.77. The van der Waals surface area contributed by atoms with E-state index in [9.17, 15) is 4.39 Å². The summed E-state index contributed by atoms with van der Waals surface area (Å²) in [5, 5.41) is 0.791. The molecule has 0 bridgehead atoms. The second-order valence-electron chi connectivity index (χ2n) is 3.08. The monoisotopic (exact) mass is 270 g/mol. The van der Waals surface area contributed by atoms with Crippen molar-refractivity contribution in [2.24, 2.45) is 0 Å². The van der Waals surface area contributed by atoms with Gasteiger partial charge in [0.1, 0.15) is 16.7 Å². The number of hydrogen-bond acceptors (Lipinski definition) is 4. The third kappa shape index (κ3) is 3.31. The van der Waals surface area contributed by atoms with Gasteiger partial charge >= 0.3 is 0 Å². The van der Waals surface area contributed by atoms with Crippen LogP contribution in [0.1, 0.15) is 0 Å². The van der Waals surface area contributed by atoms with Gasteiger partial charge in [-0.05, 0) is 18.4 Å². The molecule has 0 fully saturated rings. The fraction of sp³-hybridized carbons (Fsp3) is 0.0909. The van der Waals surface area contributed by atoms with E-state index >= 15 is 0 Å². The molecule has 3 nitrogen and oxygen atoms in total. The molecular formula is C11H8ClFN2OS. The van der Waals surface area contributed by atoms with Gasteiger partial charge in [0.05, 0.1) is 0 Å². The Balaban J connectivity index is 2.26. The van der Waals surface area contributed by atoms with Crippen LogP contribution in [0.3, 0.4) is 0 Å². The van der Waals surface area contributed by atoms with Crippen molar-refractivity contribution in [2.75, 3.05) is 6.26 Å². The summed E-state index contributed by atoms with van der Waals surface area (Å²) >= 11 is 7.16. The van der Waals surface area contributed by atoms with Gasteiger partial charge in [0.15, 0.2) is 5.16 Å². The molecule has 0 aliphatic carbocycles. The molecule has 1 heterocycles. The largest absolute Gasteiger partial charge is 0.439 e. The lowest BCUT2D eigenvalue weighted by Crippen LogP contribution is -1.92. The molecule has 0 radical (unpaired) electrons. The number of ether oxygens (including phenoxy) is 1. The Morgan fingerprint density at radius 1 is 1.29 bits per heavy atom. The van der Waals surface area contributed by atoms with E-state index in [0.29, 0.717) is 16.8 Å². The topological polar surface area (TPSA) is 35.0 Å². The van der Waals surface area contributed by atoms with E-state index in [1.165, 1.54) is 30.0 Å². The minimum atomic E-state index is -0.368. The van der Waals surface area contributed by atoms with Crippen molar-refractivity contribution < 1.29 is 9.13 Å². The molecule has 0 N–H and O–H groups in total. The highest BCUT2D eigenvalue weighted by Gasteiger charge is 2.05. The summed E-state index contributed by atoms with van der Waals surface area (Å²) in [6, 6.07) is 7.29. The van der Waals surface area contributed by atoms with Gasteiger partial charge in [0.2, 0.25) is 5.88 Å². The van der Waals surface area contributed by atoms with E-state index in [-0.39, 0.29) is 11.0 Å². The second-order valence-corrected chi connectivity index (χ2v) is 4.24. The molecule has 1 aromatic heterocycles. The van der Waals surface area contributed by atoms with Gasteiger partial charge in [-0.25, -0.2) is 9.37 Å². The normalized spacial score (nSPS) is 10.3. The first-order valence-corrected chi connectivity index (χ1v) is 6.29. The first-order valence-electron chi connectivity index (χ1n) is 4.69. The lowest BCUT2D eigenvalue weighted by Gasteiger charge is -2.05. The van der Waals surface area contributed by atoms with Crippen LogP contribution >= 0.6 is 23.4 Å². The van der Waals surface area contributed by atoms with E-state index in [0.717, 1.165) is 0 Å². The predicted octanol–water partition coefficient (Wildman–Crippen LogP) is 3.78. The maximum atomic E-state index is 13.0. The number of aromatic nitrogens is 2. The molecule has 2 rings (SSSR count). The van der Waals surface area contributed by atoms with E-state index in [1.807, 2.05) is 6.26 Å². The van der Waals surface area contributed by atoms with Crippen molar-refractivity contribution in [3.8, 4) is 11.6 Å². The Kier molecular flexibility index (Phi) is 3.81. The molecule has 0 saturated heterocycles. The Labute approximate surface area is 107 Å². The summed E-state index contributed by atoms with van der Waals surface area (Å²) in [5.74, 6) is 0.291.